The van der Waals surface area contributed by atoms with Gasteiger partial charge in [-0.3, -0.25) is 0 Å². The zero-order valence-corrected chi connectivity index (χ0v) is 13.6. The molecule has 0 radical (unpaired) electrons. The lowest BCUT2D eigenvalue weighted by molar-refractivity contribution is 0.462. The van der Waals surface area contributed by atoms with Crippen LogP contribution in [0.2, 0.25) is 0 Å². The molecule has 0 aliphatic heterocycles. The molecule has 0 atom stereocenters. The summed E-state index contributed by atoms with van der Waals surface area (Å²) >= 11 is 1.53. The third kappa shape index (κ3) is 3.18. The minimum absolute atomic E-state index is 0.204. The molecule has 0 spiro atoms. The van der Waals surface area contributed by atoms with Crippen molar-refractivity contribution in [2.45, 2.75) is 57.1 Å². The minimum atomic E-state index is -3.34. The van der Waals surface area contributed by atoms with Gasteiger partial charge in [-0.05, 0) is 30.7 Å². The molecular formula is C13H22N2O2S2. The van der Waals surface area contributed by atoms with Crippen LogP contribution in [0.15, 0.2) is 10.3 Å². The largest absolute Gasteiger partial charge is 0.310 e. The van der Waals surface area contributed by atoms with E-state index in [9.17, 15) is 8.42 Å². The van der Waals surface area contributed by atoms with Crippen LogP contribution in [0.3, 0.4) is 0 Å². The summed E-state index contributed by atoms with van der Waals surface area (Å²) in [5, 5.41) is 5.23. The van der Waals surface area contributed by atoms with Crippen LogP contribution in [0, 0.1) is 6.92 Å². The summed E-state index contributed by atoms with van der Waals surface area (Å²) in [5.74, 6) is 0. The van der Waals surface area contributed by atoms with E-state index in [1.807, 2.05) is 12.3 Å². The fourth-order valence-electron chi connectivity index (χ4n) is 2.03. The molecule has 1 aromatic heterocycles. The second kappa shape index (κ2) is 5.52. The van der Waals surface area contributed by atoms with Crippen LogP contribution in [0.4, 0.5) is 0 Å². The molecule has 1 aliphatic rings. The number of nitrogens with zero attached hydrogens (tertiary/aromatic N) is 1. The summed E-state index contributed by atoms with van der Waals surface area (Å²) in [4.78, 5) is 1.43. The molecule has 108 valence electrons. The molecule has 1 aliphatic carbocycles. The van der Waals surface area contributed by atoms with Crippen molar-refractivity contribution in [1.82, 2.24) is 9.62 Å². The molecule has 1 heterocycles. The second-order valence-corrected chi connectivity index (χ2v) is 8.36. The normalized spacial score (nSPS) is 16.5. The van der Waals surface area contributed by atoms with Gasteiger partial charge in [0.15, 0.2) is 0 Å². The van der Waals surface area contributed by atoms with Gasteiger partial charge in [-0.15, -0.1) is 11.3 Å². The summed E-state index contributed by atoms with van der Waals surface area (Å²) in [6.45, 7) is 6.61. The lowest BCUT2D eigenvalue weighted by Crippen LogP contribution is -2.30. The first-order chi connectivity index (χ1) is 8.84. The molecular weight excluding hydrogens is 280 g/mol. The van der Waals surface area contributed by atoms with E-state index in [0.717, 1.165) is 23.3 Å². The zero-order valence-electron chi connectivity index (χ0n) is 11.9. The summed E-state index contributed by atoms with van der Waals surface area (Å²) in [5.41, 5.74) is 0.859. The molecule has 0 unspecified atom stereocenters. The highest BCUT2D eigenvalue weighted by Gasteiger charge is 2.37. The van der Waals surface area contributed by atoms with E-state index in [-0.39, 0.29) is 6.04 Å². The minimum Gasteiger partial charge on any atom is -0.310 e. The second-order valence-electron chi connectivity index (χ2n) is 5.46. The van der Waals surface area contributed by atoms with Crippen LogP contribution in [0.5, 0.6) is 0 Å². The van der Waals surface area contributed by atoms with Crippen molar-refractivity contribution < 1.29 is 8.42 Å². The highest BCUT2D eigenvalue weighted by atomic mass is 32.2. The van der Waals surface area contributed by atoms with E-state index in [1.54, 1.807) is 11.4 Å². The van der Waals surface area contributed by atoms with Gasteiger partial charge in [0, 0.05) is 30.6 Å². The van der Waals surface area contributed by atoms with E-state index in [2.05, 4.69) is 19.2 Å². The standard InChI is InChI=1S/C13H22N2O2S2/c1-9(2)14-7-12-13(10(3)8-18-12)19(16,17)15(4)11-5-6-11/h8-9,11,14H,5-7H2,1-4H3. The number of rotatable bonds is 6. The van der Waals surface area contributed by atoms with Crippen LogP contribution in [0.25, 0.3) is 0 Å². The highest BCUT2D eigenvalue weighted by Crippen LogP contribution is 2.34. The maximum atomic E-state index is 12.7. The van der Waals surface area contributed by atoms with Gasteiger partial charge < -0.3 is 5.32 Å². The highest BCUT2D eigenvalue weighted by molar-refractivity contribution is 7.89. The number of thiophene rings is 1. The third-order valence-electron chi connectivity index (χ3n) is 3.36. The lowest BCUT2D eigenvalue weighted by atomic mass is 10.3. The van der Waals surface area contributed by atoms with Crippen molar-refractivity contribution in [2.24, 2.45) is 0 Å². The molecule has 19 heavy (non-hydrogen) atoms. The van der Waals surface area contributed by atoms with Crippen molar-refractivity contribution in [3.8, 4) is 0 Å². The van der Waals surface area contributed by atoms with Gasteiger partial charge in [0.2, 0.25) is 10.0 Å². The Hall–Kier alpha value is -0.430. The maximum Gasteiger partial charge on any atom is 0.244 e. The average Bonchev–Trinajstić information content (AvgIpc) is 3.09. The maximum absolute atomic E-state index is 12.7. The van der Waals surface area contributed by atoms with Crippen LogP contribution < -0.4 is 5.32 Å². The quantitative estimate of drug-likeness (QED) is 0.877. The molecule has 0 bridgehead atoms. The first-order valence-electron chi connectivity index (χ1n) is 6.62. The van der Waals surface area contributed by atoms with Crippen molar-refractivity contribution in [3.63, 3.8) is 0 Å². The molecule has 0 amide bonds. The summed E-state index contributed by atoms with van der Waals surface area (Å²) in [6, 6.07) is 0.550. The SMILES string of the molecule is Cc1csc(CNC(C)C)c1S(=O)(=O)N(C)C1CC1. The fraction of sp³-hybridized carbons (Fsp3) is 0.692. The molecule has 0 aromatic carbocycles. The molecule has 1 aromatic rings. The Morgan fingerprint density at radius 3 is 2.63 bits per heavy atom. The van der Waals surface area contributed by atoms with Crippen LogP contribution in [-0.4, -0.2) is 31.9 Å². The molecule has 1 saturated carbocycles. The Kier molecular flexibility index (Phi) is 4.35. The van der Waals surface area contributed by atoms with Crippen LogP contribution >= 0.6 is 11.3 Å². The molecule has 4 nitrogen and oxygen atoms in total. The fourth-order valence-corrected chi connectivity index (χ4v) is 5.15. The van der Waals surface area contributed by atoms with E-state index in [1.165, 1.54) is 11.3 Å². The zero-order chi connectivity index (χ0) is 14.2. The van der Waals surface area contributed by atoms with E-state index in [4.69, 9.17) is 0 Å². The van der Waals surface area contributed by atoms with Crippen molar-refractivity contribution >= 4 is 21.4 Å². The Balaban J connectivity index is 2.29. The van der Waals surface area contributed by atoms with Crippen LogP contribution in [0.1, 0.15) is 37.1 Å². The predicted octanol–water partition coefficient (Wildman–Crippen LogP) is 2.34. The lowest BCUT2D eigenvalue weighted by Gasteiger charge is -2.18. The molecule has 1 N–H and O–H groups in total. The van der Waals surface area contributed by atoms with Crippen LogP contribution in [-0.2, 0) is 16.6 Å². The summed E-state index contributed by atoms with van der Waals surface area (Å²) in [7, 11) is -1.64. The first kappa shape index (κ1) is 15.0. The Bertz CT molecular complexity index is 545. The molecule has 2 rings (SSSR count). The van der Waals surface area contributed by atoms with Gasteiger partial charge in [0.1, 0.15) is 4.90 Å². The van der Waals surface area contributed by atoms with E-state index in [0.29, 0.717) is 17.5 Å². The number of nitrogens with one attached hydrogen (secondary N) is 1. The Morgan fingerprint density at radius 1 is 1.47 bits per heavy atom. The summed E-state index contributed by atoms with van der Waals surface area (Å²) < 4.78 is 26.9. The van der Waals surface area contributed by atoms with Crippen molar-refractivity contribution in [3.05, 3.63) is 15.8 Å². The third-order valence-corrected chi connectivity index (χ3v) is 6.73. The smallest absolute Gasteiger partial charge is 0.244 e. The van der Waals surface area contributed by atoms with Gasteiger partial charge in [-0.2, -0.15) is 4.31 Å². The molecule has 1 fully saturated rings. The van der Waals surface area contributed by atoms with Gasteiger partial charge >= 0.3 is 0 Å². The number of aryl methyl sites for hydroxylation is 1. The first-order valence-corrected chi connectivity index (χ1v) is 8.94. The van der Waals surface area contributed by atoms with E-state index >= 15 is 0 Å². The van der Waals surface area contributed by atoms with E-state index < -0.39 is 10.0 Å². The van der Waals surface area contributed by atoms with Gasteiger partial charge in [-0.1, -0.05) is 13.8 Å². The van der Waals surface area contributed by atoms with Crippen molar-refractivity contribution in [1.29, 1.82) is 0 Å². The Morgan fingerprint density at radius 2 is 2.11 bits per heavy atom. The number of sulfonamides is 1. The van der Waals surface area contributed by atoms with Gasteiger partial charge in [-0.25, -0.2) is 8.42 Å². The summed E-state index contributed by atoms with van der Waals surface area (Å²) in [6.07, 6.45) is 1.97. The topological polar surface area (TPSA) is 49.4 Å². The molecule has 6 heteroatoms. The van der Waals surface area contributed by atoms with Gasteiger partial charge in [0.05, 0.1) is 0 Å². The number of hydrogen-bond donors (Lipinski definition) is 1. The Labute approximate surface area is 119 Å². The molecule has 0 saturated heterocycles. The monoisotopic (exact) mass is 302 g/mol. The predicted molar refractivity (Wildman–Crippen MR) is 79.0 cm³/mol. The van der Waals surface area contributed by atoms with Crippen molar-refractivity contribution in [2.75, 3.05) is 7.05 Å². The number of hydrogen-bond acceptors (Lipinski definition) is 4. The van der Waals surface area contributed by atoms with Gasteiger partial charge in [0.25, 0.3) is 0 Å². The average molecular weight is 302 g/mol.